The van der Waals surface area contributed by atoms with Crippen LogP contribution >= 0.6 is 11.6 Å². The summed E-state index contributed by atoms with van der Waals surface area (Å²) in [5.74, 6) is 0.713. The van der Waals surface area contributed by atoms with Crippen LogP contribution in [0.25, 0.3) is 11.0 Å². The van der Waals surface area contributed by atoms with E-state index in [-0.39, 0.29) is 10.8 Å². The van der Waals surface area contributed by atoms with Crippen LogP contribution < -0.4 is 15.3 Å². The van der Waals surface area contributed by atoms with Crippen molar-refractivity contribution >= 4 is 22.6 Å². The Kier molecular flexibility index (Phi) is 4.97. The Labute approximate surface area is 150 Å². The van der Waals surface area contributed by atoms with E-state index in [1.54, 1.807) is 13.2 Å². The van der Waals surface area contributed by atoms with Gasteiger partial charge < -0.3 is 19.2 Å². The topological polar surface area (TPSA) is 64.1 Å². The highest BCUT2D eigenvalue weighted by Crippen LogP contribution is 2.29. The van der Waals surface area contributed by atoms with Gasteiger partial charge in [0.15, 0.2) is 0 Å². The Hall–Kier alpha value is -2.50. The minimum atomic E-state index is -0.446. The van der Waals surface area contributed by atoms with Gasteiger partial charge in [0.25, 0.3) is 0 Å². The number of ether oxygens (including phenoxy) is 1. The number of nitrogens with one attached hydrogen (secondary N) is 1. The highest BCUT2D eigenvalue weighted by atomic mass is 35.5. The third kappa shape index (κ3) is 3.95. The van der Waals surface area contributed by atoms with Crippen molar-refractivity contribution in [2.24, 2.45) is 0 Å². The normalized spacial score (nSPS) is 12.3. The van der Waals surface area contributed by atoms with E-state index in [2.05, 4.69) is 0 Å². The van der Waals surface area contributed by atoms with E-state index in [9.17, 15) is 9.90 Å². The molecule has 3 rings (SSSR count). The number of methoxy groups -OCH3 is 1. The van der Waals surface area contributed by atoms with Crippen LogP contribution in [0.2, 0.25) is 5.02 Å². The number of rotatable bonds is 5. The fraction of sp³-hybridized carbons (Fsp3) is 0.211. The van der Waals surface area contributed by atoms with Gasteiger partial charge in [-0.1, -0.05) is 23.7 Å². The molecule has 0 amide bonds. The van der Waals surface area contributed by atoms with Crippen LogP contribution in [0.15, 0.2) is 51.7 Å². The summed E-state index contributed by atoms with van der Waals surface area (Å²) in [5, 5.41) is 10.7. The summed E-state index contributed by atoms with van der Waals surface area (Å²) in [7, 11) is 3.69. The molecule has 1 heterocycles. The first-order chi connectivity index (χ1) is 12.0. The minimum absolute atomic E-state index is 0.105. The van der Waals surface area contributed by atoms with Crippen molar-refractivity contribution in [1.82, 2.24) is 0 Å². The molecule has 25 heavy (non-hydrogen) atoms. The molecule has 5 nitrogen and oxygen atoms in total. The van der Waals surface area contributed by atoms with Crippen molar-refractivity contribution in [3.8, 4) is 11.5 Å². The molecule has 130 valence electrons. The van der Waals surface area contributed by atoms with Gasteiger partial charge in [0.05, 0.1) is 19.2 Å². The van der Waals surface area contributed by atoms with Gasteiger partial charge >= 0.3 is 5.63 Å². The fourth-order valence-corrected chi connectivity index (χ4v) is 3.06. The summed E-state index contributed by atoms with van der Waals surface area (Å²) in [4.78, 5) is 13.0. The van der Waals surface area contributed by atoms with Crippen molar-refractivity contribution < 1.29 is 19.2 Å². The zero-order chi connectivity index (χ0) is 18.0. The fourth-order valence-electron chi connectivity index (χ4n) is 2.90. The van der Waals surface area contributed by atoms with Crippen LogP contribution in [0.4, 0.5) is 0 Å². The Bertz CT molecular complexity index is 967. The first-order valence-electron chi connectivity index (χ1n) is 7.85. The molecule has 1 unspecified atom stereocenters. The Morgan fingerprint density at radius 2 is 2.00 bits per heavy atom. The van der Waals surface area contributed by atoms with Gasteiger partial charge in [-0.25, -0.2) is 4.79 Å². The first-order valence-corrected chi connectivity index (χ1v) is 8.23. The van der Waals surface area contributed by atoms with Crippen molar-refractivity contribution in [1.29, 1.82) is 0 Å². The summed E-state index contributed by atoms with van der Waals surface area (Å²) in [6.45, 7) is 1.38. The smallest absolute Gasteiger partial charge is 0.336 e. The highest BCUT2D eigenvalue weighted by Gasteiger charge is 2.14. The predicted octanol–water partition coefficient (Wildman–Crippen LogP) is 2.38. The summed E-state index contributed by atoms with van der Waals surface area (Å²) in [5.41, 5.74) is 1.85. The van der Waals surface area contributed by atoms with E-state index in [4.69, 9.17) is 20.8 Å². The predicted molar refractivity (Wildman–Crippen MR) is 96.4 cm³/mol. The van der Waals surface area contributed by atoms with Crippen molar-refractivity contribution in [3.63, 3.8) is 0 Å². The van der Waals surface area contributed by atoms with Crippen LogP contribution in [0.3, 0.4) is 0 Å². The van der Waals surface area contributed by atoms with Gasteiger partial charge in [-0.3, -0.25) is 0 Å². The SMILES string of the molecule is COc1cccc(C[NH+](C)Cc2cc(=O)oc3cc(O)c(Cl)cc23)c1. The molecular formula is C19H19ClNO4+. The van der Waals surface area contributed by atoms with E-state index in [0.29, 0.717) is 12.1 Å². The Morgan fingerprint density at radius 3 is 2.76 bits per heavy atom. The number of phenolic OH excluding ortho intramolecular Hbond substituents is 1. The largest absolute Gasteiger partial charge is 0.506 e. The zero-order valence-electron chi connectivity index (χ0n) is 14.0. The monoisotopic (exact) mass is 360 g/mol. The molecule has 3 aromatic rings. The molecule has 0 aliphatic heterocycles. The van der Waals surface area contributed by atoms with Gasteiger partial charge in [-0.05, 0) is 18.2 Å². The first kappa shape index (κ1) is 17.3. The molecule has 0 bridgehead atoms. The lowest BCUT2D eigenvalue weighted by molar-refractivity contribution is -0.907. The van der Waals surface area contributed by atoms with Gasteiger partial charge in [-0.15, -0.1) is 0 Å². The third-order valence-corrected chi connectivity index (χ3v) is 4.33. The summed E-state index contributed by atoms with van der Waals surface area (Å²) < 4.78 is 10.4. The van der Waals surface area contributed by atoms with E-state index < -0.39 is 5.63 Å². The Morgan fingerprint density at radius 1 is 1.20 bits per heavy atom. The maximum absolute atomic E-state index is 11.8. The van der Waals surface area contributed by atoms with Crippen molar-refractivity contribution in [3.05, 3.63) is 69.0 Å². The molecule has 0 fully saturated rings. The minimum Gasteiger partial charge on any atom is -0.506 e. The number of benzene rings is 2. The molecular weight excluding hydrogens is 342 g/mol. The van der Waals surface area contributed by atoms with Gasteiger partial charge in [0.1, 0.15) is 30.2 Å². The van der Waals surface area contributed by atoms with Crippen molar-refractivity contribution in [2.75, 3.05) is 14.2 Å². The van der Waals surface area contributed by atoms with E-state index in [1.807, 2.05) is 31.3 Å². The summed E-state index contributed by atoms with van der Waals surface area (Å²) in [6.07, 6.45) is 0. The maximum Gasteiger partial charge on any atom is 0.336 e. The number of fused-ring (bicyclic) bond motifs is 1. The van der Waals surface area contributed by atoms with Gasteiger partial charge in [0, 0.05) is 28.6 Å². The van der Waals surface area contributed by atoms with Crippen LogP contribution in [-0.2, 0) is 13.1 Å². The molecule has 1 atom stereocenters. The average Bonchev–Trinajstić information content (AvgIpc) is 2.56. The third-order valence-electron chi connectivity index (χ3n) is 4.03. The average molecular weight is 361 g/mol. The molecule has 0 aliphatic rings. The van der Waals surface area contributed by atoms with E-state index in [0.717, 1.165) is 28.8 Å². The quantitative estimate of drug-likeness (QED) is 0.686. The number of halogens is 1. The number of phenols is 1. The molecule has 0 radical (unpaired) electrons. The van der Waals surface area contributed by atoms with Crippen LogP contribution in [-0.4, -0.2) is 19.3 Å². The highest BCUT2D eigenvalue weighted by molar-refractivity contribution is 6.32. The Balaban J connectivity index is 1.88. The van der Waals surface area contributed by atoms with Crippen LogP contribution in [0.5, 0.6) is 11.5 Å². The second-order valence-electron chi connectivity index (χ2n) is 6.05. The van der Waals surface area contributed by atoms with Gasteiger partial charge in [0.2, 0.25) is 0 Å². The molecule has 2 aromatic carbocycles. The lowest BCUT2D eigenvalue weighted by Crippen LogP contribution is -3.06. The number of aromatic hydroxyl groups is 1. The molecule has 0 saturated heterocycles. The molecule has 1 aromatic heterocycles. The second-order valence-corrected chi connectivity index (χ2v) is 6.46. The van der Waals surface area contributed by atoms with Crippen molar-refractivity contribution in [2.45, 2.75) is 13.1 Å². The number of hydrogen-bond acceptors (Lipinski definition) is 4. The molecule has 0 saturated carbocycles. The standard InChI is InChI=1S/C19H18ClNO4/c1-21(10-12-4-3-5-14(6-12)24-2)11-13-7-19(23)25-18-9-17(22)16(20)8-15(13)18/h3-9,22H,10-11H2,1-2H3/p+1. The van der Waals surface area contributed by atoms with E-state index >= 15 is 0 Å². The number of hydrogen-bond donors (Lipinski definition) is 2. The zero-order valence-corrected chi connectivity index (χ0v) is 14.8. The van der Waals surface area contributed by atoms with Crippen LogP contribution in [0, 0.1) is 0 Å². The maximum atomic E-state index is 11.8. The second kappa shape index (κ2) is 7.17. The number of quaternary nitrogens is 1. The lowest BCUT2D eigenvalue weighted by Gasteiger charge is -2.15. The molecule has 0 aliphatic carbocycles. The lowest BCUT2D eigenvalue weighted by atomic mass is 10.1. The molecule has 0 spiro atoms. The van der Waals surface area contributed by atoms with Gasteiger partial charge in [-0.2, -0.15) is 0 Å². The van der Waals surface area contributed by atoms with Crippen LogP contribution in [0.1, 0.15) is 11.1 Å². The molecule has 6 heteroatoms. The summed E-state index contributed by atoms with van der Waals surface area (Å²) in [6, 6.07) is 12.4. The summed E-state index contributed by atoms with van der Waals surface area (Å²) >= 11 is 6.01. The molecule has 2 N–H and O–H groups in total. The van der Waals surface area contributed by atoms with E-state index in [1.165, 1.54) is 17.0 Å².